The van der Waals surface area contributed by atoms with E-state index in [9.17, 15) is 13.6 Å². The average molecular weight is 250 g/mol. The maximum absolute atomic E-state index is 13.5. The van der Waals surface area contributed by atoms with E-state index in [1.807, 2.05) is 0 Å². The van der Waals surface area contributed by atoms with Crippen LogP contribution in [0.3, 0.4) is 0 Å². The number of carbonyl (C=O) groups is 1. The highest BCUT2D eigenvalue weighted by Gasteiger charge is 2.23. The summed E-state index contributed by atoms with van der Waals surface area (Å²) in [5, 5.41) is -0.683. The minimum absolute atomic E-state index is 0.128. The number of nitrogens with two attached hydrogens (primary N) is 1. The van der Waals surface area contributed by atoms with Crippen LogP contribution in [0.15, 0.2) is 12.1 Å². The fourth-order valence-electron chi connectivity index (χ4n) is 1.14. The number of halogens is 3. The van der Waals surface area contributed by atoms with Crippen molar-refractivity contribution >= 4 is 17.6 Å². The van der Waals surface area contributed by atoms with Crippen molar-refractivity contribution in [3.63, 3.8) is 0 Å². The molecule has 0 aromatic heterocycles. The van der Waals surface area contributed by atoms with E-state index in [0.29, 0.717) is 0 Å². The fraction of sp³-hybridized carbons (Fsp3) is 0.300. The smallest absolute Gasteiger partial charge is 0.327 e. The summed E-state index contributed by atoms with van der Waals surface area (Å²) in [5.74, 6) is -2.73. The number of rotatable bonds is 3. The van der Waals surface area contributed by atoms with Crippen LogP contribution < -0.4 is 5.73 Å². The predicted molar refractivity (Wildman–Crippen MR) is 54.9 cm³/mol. The second kappa shape index (κ2) is 5.23. The van der Waals surface area contributed by atoms with E-state index in [2.05, 4.69) is 4.74 Å². The van der Waals surface area contributed by atoms with Crippen molar-refractivity contribution < 1.29 is 18.3 Å². The molecule has 0 spiro atoms. The van der Waals surface area contributed by atoms with Crippen LogP contribution in [-0.2, 0) is 9.53 Å². The number of benzene rings is 1. The van der Waals surface area contributed by atoms with Crippen molar-refractivity contribution in [3.05, 3.63) is 34.4 Å². The molecule has 0 aliphatic heterocycles. The minimum Gasteiger partial charge on any atom is -0.465 e. The summed E-state index contributed by atoms with van der Waals surface area (Å²) < 4.78 is 30.9. The molecule has 1 rings (SSSR count). The molecule has 0 saturated heterocycles. The number of ether oxygens (including phenoxy) is 1. The Labute approximate surface area is 96.1 Å². The Morgan fingerprint density at radius 2 is 2.19 bits per heavy atom. The third kappa shape index (κ3) is 2.48. The molecule has 1 unspecified atom stereocenters. The highest BCUT2D eigenvalue weighted by atomic mass is 35.5. The summed E-state index contributed by atoms with van der Waals surface area (Å²) in [6.45, 7) is 1.72. The second-order valence-electron chi connectivity index (χ2n) is 2.99. The highest BCUT2D eigenvalue weighted by molar-refractivity contribution is 6.31. The molecular formula is C10H10ClF2NO2. The van der Waals surface area contributed by atoms with Gasteiger partial charge >= 0.3 is 5.97 Å². The standard InChI is InChI=1S/C10H10ClF2NO2/c1-2-16-10(15)9(14)5-3-4-6(12)7(11)8(5)13/h3-4,9H,2,14H2,1H3. The van der Waals surface area contributed by atoms with E-state index in [1.165, 1.54) is 0 Å². The molecule has 0 heterocycles. The molecule has 0 saturated carbocycles. The lowest BCUT2D eigenvalue weighted by Crippen LogP contribution is -2.25. The van der Waals surface area contributed by atoms with Gasteiger partial charge in [-0.2, -0.15) is 0 Å². The van der Waals surface area contributed by atoms with Crippen LogP contribution in [0.25, 0.3) is 0 Å². The minimum atomic E-state index is -1.31. The summed E-state index contributed by atoms with van der Waals surface area (Å²) in [6.07, 6.45) is 0. The lowest BCUT2D eigenvalue weighted by molar-refractivity contribution is -0.144. The second-order valence-corrected chi connectivity index (χ2v) is 3.37. The first-order valence-electron chi connectivity index (χ1n) is 4.54. The first-order chi connectivity index (χ1) is 7.49. The van der Waals surface area contributed by atoms with Gasteiger partial charge in [0.25, 0.3) is 0 Å². The van der Waals surface area contributed by atoms with Crippen molar-refractivity contribution in [2.24, 2.45) is 5.73 Å². The monoisotopic (exact) mass is 249 g/mol. The van der Waals surface area contributed by atoms with E-state index in [1.54, 1.807) is 6.92 Å². The van der Waals surface area contributed by atoms with E-state index < -0.39 is 28.7 Å². The zero-order valence-corrected chi connectivity index (χ0v) is 9.22. The van der Waals surface area contributed by atoms with Gasteiger partial charge in [0.2, 0.25) is 0 Å². The van der Waals surface area contributed by atoms with Gasteiger partial charge in [0.05, 0.1) is 6.61 Å². The zero-order valence-electron chi connectivity index (χ0n) is 8.47. The Morgan fingerprint density at radius 1 is 1.56 bits per heavy atom. The average Bonchev–Trinajstić information content (AvgIpc) is 2.26. The van der Waals surface area contributed by atoms with Gasteiger partial charge in [0.15, 0.2) is 0 Å². The molecule has 1 aromatic carbocycles. The highest BCUT2D eigenvalue weighted by Crippen LogP contribution is 2.25. The predicted octanol–water partition coefficient (Wildman–Crippen LogP) is 2.18. The van der Waals surface area contributed by atoms with E-state index in [0.717, 1.165) is 12.1 Å². The summed E-state index contributed by atoms with van der Waals surface area (Å²) in [4.78, 5) is 11.2. The topological polar surface area (TPSA) is 52.3 Å². The molecule has 16 heavy (non-hydrogen) atoms. The summed E-state index contributed by atoms with van der Waals surface area (Å²) >= 11 is 5.35. The zero-order chi connectivity index (χ0) is 12.3. The summed E-state index contributed by atoms with van der Waals surface area (Å²) in [5.41, 5.74) is 5.26. The van der Waals surface area contributed by atoms with Gasteiger partial charge in [-0.25, -0.2) is 13.6 Å². The van der Waals surface area contributed by atoms with Crippen molar-refractivity contribution in [2.45, 2.75) is 13.0 Å². The fourth-order valence-corrected chi connectivity index (χ4v) is 1.31. The van der Waals surface area contributed by atoms with Gasteiger partial charge in [0, 0.05) is 5.56 Å². The van der Waals surface area contributed by atoms with Gasteiger partial charge in [-0.15, -0.1) is 0 Å². The number of carbonyl (C=O) groups excluding carboxylic acids is 1. The molecule has 0 aliphatic rings. The molecule has 6 heteroatoms. The first kappa shape index (κ1) is 12.9. The third-order valence-electron chi connectivity index (χ3n) is 1.94. The van der Waals surface area contributed by atoms with Crippen molar-refractivity contribution in [1.82, 2.24) is 0 Å². The van der Waals surface area contributed by atoms with Crippen LogP contribution in [0.2, 0.25) is 5.02 Å². The number of hydrogen-bond acceptors (Lipinski definition) is 3. The normalized spacial score (nSPS) is 12.3. The molecule has 3 nitrogen and oxygen atoms in total. The van der Waals surface area contributed by atoms with Gasteiger partial charge in [0.1, 0.15) is 22.7 Å². The molecule has 1 atom stereocenters. The molecule has 0 bridgehead atoms. The quantitative estimate of drug-likeness (QED) is 0.660. The molecule has 2 N–H and O–H groups in total. The van der Waals surface area contributed by atoms with Gasteiger partial charge < -0.3 is 10.5 Å². The van der Waals surface area contributed by atoms with Crippen LogP contribution in [-0.4, -0.2) is 12.6 Å². The maximum atomic E-state index is 13.5. The molecular weight excluding hydrogens is 240 g/mol. The SMILES string of the molecule is CCOC(=O)C(N)c1ccc(F)c(Cl)c1F. The third-order valence-corrected chi connectivity index (χ3v) is 2.29. The van der Waals surface area contributed by atoms with Gasteiger partial charge in [-0.05, 0) is 13.0 Å². The van der Waals surface area contributed by atoms with Crippen LogP contribution in [0.1, 0.15) is 18.5 Å². The van der Waals surface area contributed by atoms with Crippen LogP contribution >= 0.6 is 11.6 Å². The summed E-state index contributed by atoms with van der Waals surface area (Å²) in [6, 6.07) is 0.705. The first-order valence-corrected chi connectivity index (χ1v) is 4.92. The van der Waals surface area contributed by atoms with E-state index in [4.69, 9.17) is 17.3 Å². The Hall–Kier alpha value is -1.20. The van der Waals surface area contributed by atoms with E-state index in [-0.39, 0.29) is 12.2 Å². The lowest BCUT2D eigenvalue weighted by Gasteiger charge is -2.12. The largest absolute Gasteiger partial charge is 0.465 e. The van der Waals surface area contributed by atoms with Crippen LogP contribution in [0.5, 0.6) is 0 Å². The lowest BCUT2D eigenvalue weighted by atomic mass is 10.1. The Morgan fingerprint density at radius 3 is 2.75 bits per heavy atom. The van der Waals surface area contributed by atoms with E-state index >= 15 is 0 Å². The molecule has 1 aromatic rings. The molecule has 0 amide bonds. The van der Waals surface area contributed by atoms with Gasteiger partial charge in [-0.1, -0.05) is 17.7 Å². The van der Waals surface area contributed by atoms with Crippen LogP contribution in [0.4, 0.5) is 8.78 Å². The molecule has 0 fully saturated rings. The van der Waals surface area contributed by atoms with Crippen molar-refractivity contribution in [1.29, 1.82) is 0 Å². The number of hydrogen-bond donors (Lipinski definition) is 1. The number of esters is 1. The Balaban J connectivity index is 3.05. The maximum Gasteiger partial charge on any atom is 0.327 e. The molecule has 88 valence electrons. The molecule has 0 radical (unpaired) electrons. The van der Waals surface area contributed by atoms with Crippen molar-refractivity contribution in [3.8, 4) is 0 Å². The summed E-state index contributed by atoms with van der Waals surface area (Å²) in [7, 11) is 0. The Bertz CT molecular complexity index is 412. The molecule has 0 aliphatic carbocycles. The van der Waals surface area contributed by atoms with Crippen LogP contribution in [0, 0.1) is 11.6 Å². The Kier molecular flexibility index (Phi) is 4.20. The van der Waals surface area contributed by atoms with Crippen molar-refractivity contribution in [2.75, 3.05) is 6.61 Å². The van der Waals surface area contributed by atoms with Gasteiger partial charge in [-0.3, -0.25) is 0 Å².